The van der Waals surface area contributed by atoms with Gasteiger partial charge < -0.3 is 9.84 Å². The van der Waals surface area contributed by atoms with Crippen molar-refractivity contribution < 1.29 is 21.7 Å². The number of benzene rings is 1. The van der Waals surface area contributed by atoms with Gasteiger partial charge in [0.2, 0.25) is 15.8 Å². The lowest BCUT2D eigenvalue weighted by Crippen LogP contribution is -2.41. The Kier molecular flexibility index (Phi) is 5.48. The fourth-order valence-electron chi connectivity index (χ4n) is 3.25. The quantitative estimate of drug-likeness (QED) is 0.774. The zero-order valence-electron chi connectivity index (χ0n) is 15.1. The molecular weight excluding hydrogens is 378 g/mol. The van der Waals surface area contributed by atoms with Crippen LogP contribution in [0, 0.1) is 17.6 Å². The second-order valence-electron chi connectivity index (χ2n) is 7.33. The molecule has 1 aliphatic carbocycles. The molecule has 1 heterocycles. The summed E-state index contributed by atoms with van der Waals surface area (Å²) in [6.07, 6.45) is 4.45. The minimum Gasteiger partial charge on any atom is -0.333 e. The molecule has 0 aliphatic heterocycles. The Balaban J connectivity index is 1.60. The van der Waals surface area contributed by atoms with E-state index < -0.39 is 21.7 Å². The van der Waals surface area contributed by atoms with Gasteiger partial charge >= 0.3 is 6.01 Å². The summed E-state index contributed by atoms with van der Waals surface area (Å²) in [6, 6.07) is 3.24. The number of halogens is 2. The number of aromatic nitrogens is 2. The summed E-state index contributed by atoms with van der Waals surface area (Å²) in [5.41, 5.74) is -0.0801. The van der Waals surface area contributed by atoms with E-state index in [1.54, 1.807) is 0 Å². The molecule has 0 radical (unpaired) electrons. The molecule has 1 aliphatic rings. The Morgan fingerprint density at radius 3 is 2.44 bits per heavy atom. The van der Waals surface area contributed by atoms with Crippen LogP contribution in [0.2, 0.25) is 0 Å². The normalized spacial score (nSPS) is 23.3. The Morgan fingerprint density at radius 2 is 1.85 bits per heavy atom. The van der Waals surface area contributed by atoms with Gasteiger partial charge in [0.25, 0.3) is 0 Å². The highest BCUT2D eigenvalue weighted by Gasteiger charge is 2.32. The van der Waals surface area contributed by atoms with Crippen LogP contribution in [0.25, 0.3) is 11.4 Å². The van der Waals surface area contributed by atoms with E-state index in [2.05, 4.69) is 20.2 Å². The van der Waals surface area contributed by atoms with Gasteiger partial charge in [-0.15, -0.1) is 0 Å². The minimum atomic E-state index is -3.18. The minimum absolute atomic E-state index is 0.102. The third-order valence-electron chi connectivity index (χ3n) is 4.80. The van der Waals surface area contributed by atoms with Crippen LogP contribution in [-0.2, 0) is 10.0 Å². The summed E-state index contributed by atoms with van der Waals surface area (Å²) in [6.45, 7) is 2.46. The molecule has 1 saturated carbocycles. The summed E-state index contributed by atoms with van der Waals surface area (Å²) in [5, 5.41) is 6.98. The fraction of sp³-hybridized carbons (Fsp3) is 0.529. The van der Waals surface area contributed by atoms with E-state index in [1.165, 1.54) is 0 Å². The molecule has 0 unspecified atom stereocenters. The van der Waals surface area contributed by atoms with Gasteiger partial charge in [-0.25, -0.2) is 21.9 Å². The Bertz CT molecular complexity index is 888. The predicted octanol–water partition coefficient (Wildman–Crippen LogP) is 2.92. The van der Waals surface area contributed by atoms with Crippen molar-refractivity contribution in [2.45, 2.75) is 38.1 Å². The maximum absolute atomic E-state index is 13.3. The molecule has 7 nitrogen and oxygen atoms in total. The molecule has 10 heteroatoms. The largest absolute Gasteiger partial charge is 0.333 e. The van der Waals surface area contributed by atoms with Crippen LogP contribution >= 0.6 is 0 Å². The van der Waals surface area contributed by atoms with Crippen molar-refractivity contribution in [1.82, 2.24) is 14.9 Å². The SMILES string of the molecule is CS(=O)(=O)NC[C@H]1CC[C@](C)(Nc2nc(-c3cc(F)cc(F)c3)no2)CC1. The predicted molar refractivity (Wildman–Crippen MR) is 96.5 cm³/mol. The molecule has 2 aromatic rings. The van der Waals surface area contributed by atoms with Gasteiger partial charge in [-0.1, -0.05) is 5.16 Å². The summed E-state index contributed by atoms with van der Waals surface area (Å²) >= 11 is 0. The van der Waals surface area contributed by atoms with Crippen molar-refractivity contribution >= 4 is 16.0 Å². The van der Waals surface area contributed by atoms with Crippen LogP contribution in [0.4, 0.5) is 14.8 Å². The first-order chi connectivity index (χ1) is 12.6. The first-order valence-corrected chi connectivity index (χ1v) is 10.5. The summed E-state index contributed by atoms with van der Waals surface area (Å²) in [7, 11) is -3.18. The second kappa shape index (κ2) is 7.51. The molecule has 1 aromatic heterocycles. The second-order valence-corrected chi connectivity index (χ2v) is 9.16. The number of nitrogens with zero attached hydrogens (tertiary/aromatic N) is 2. The van der Waals surface area contributed by atoms with E-state index in [-0.39, 0.29) is 28.9 Å². The summed E-state index contributed by atoms with van der Waals surface area (Å²) < 4.78 is 56.8. The van der Waals surface area contributed by atoms with Gasteiger partial charge in [-0.3, -0.25) is 0 Å². The molecule has 2 N–H and O–H groups in total. The molecule has 148 valence electrons. The zero-order chi connectivity index (χ0) is 19.7. The Hall–Kier alpha value is -2.07. The molecule has 1 aromatic carbocycles. The Morgan fingerprint density at radius 1 is 1.22 bits per heavy atom. The number of anilines is 1. The topological polar surface area (TPSA) is 97.1 Å². The number of hydrogen-bond donors (Lipinski definition) is 2. The van der Waals surface area contributed by atoms with Crippen LogP contribution < -0.4 is 10.0 Å². The van der Waals surface area contributed by atoms with Crippen LogP contribution in [-0.4, -0.2) is 36.9 Å². The van der Waals surface area contributed by atoms with Gasteiger partial charge in [0.05, 0.1) is 6.26 Å². The third kappa shape index (κ3) is 5.46. The first kappa shape index (κ1) is 19.7. The average Bonchev–Trinajstić information content (AvgIpc) is 3.01. The highest BCUT2D eigenvalue weighted by atomic mass is 32.2. The number of rotatable bonds is 6. The van der Waals surface area contributed by atoms with Crippen LogP contribution in [0.15, 0.2) is 22.7 Å². The van der Waals surface area contributed by atoms with E-state index in [9.17, 15) is 17.2 Å². The van der Waals surface area contributed by atoms with E-state index in [0.717, 1.165) is 50.1 Å². The lowest BCUT2D eigenvalue weighted by atomic mass is 9.78. The number of hydrogen-bond acceptors (Lipinski definition) is 6. The van der Waals surface area contributed by atoms with Crippen molar-refractivity contribution in [2.24, 2.45) is 5.92 Å². The lowest BCUT2D eigenvalue weighted by molar-refractivity contribution is 0.263. The lowest BCUT2D eigenvalue weighted by Gasteiger charge is -2.37. The molecule has 0 saturated heterocycles. The highest BCUT2D eigenvalue weighted by Crippen LogP contribution is 2.34. The molecule has 0 spiro atoms. The molecular formula is C17H22F2N4O3S. The Labute approximate surface area is 156 Å². The van der Waals surface area contributed by atoms with Gasteiger partial charge in [-0.2, -0.15) is 4.98 Å². The van der Waals surface area contributed by atoms with Crippen molar-refractivity contribution in [3.63, 3.8) is 0 Å². The molecule has 0 atom stereocenters. The zero-order valence-corrected chi connectivity index (χ0v) is 15.9. The average molecular weight is 400 g/mol. The first-order valence-electron chi connectivity index (χ1n) is 8.65. The smallest absolute Gasteiger partial charge is 0.322 e. The van der Waals surface area contributed by atoms with Crippen LogP contribution in [0.3, 0.4) is 0 Å². The molecule has 3 rings (SSSR count). The molecule has 1 fully saturated rings. The fourth-order valence-corrected chi connectivity index (χ4v) is 3.78. The van der Waals surface area contributed by atoms with Crippen molar-refractivity contribution in [1.29, 1.82) is 0 Å². The van der Waals surface area contributed by atoms with E-state index >= 15 is 0 Å². The van der Waals surface area contributed by atoms with E-state index in [4.69, 9.17) is 4.52 Å². The van der Waals surface area contributed by atoms with Gasteiger partial charge in [0, 0.05) is 23.7 Å². The van der Waals surface area contributed by atoms with E-state index in [1.807, 2.05) is 6.92 Å². The van der Waals surface area contributed by atoms with Gasteiger partial charge in [0.15, 0.2) is 0 Å². The highest BCUT2D eigenvalue weighted by molar-refractivity contribution is 7.88. The molecule has 27 heavy (non-hydrogen) atoms. The summed E-state index contributed by atoms with van der Waals surface area (Å²) in [5.74, 6) is -1.04. The monoisotopic (exact) mass is 400 g/mol. The molecule has 0 bridgehead atoms. The van der Waals surface area contributed by atoms with Crippen molar-refractivity contribution in [3.8, 4) is 11.4 Å². The standard InChI is InChI=1S/C17H22F2N4O3S/c1-17(5-3-11(4-6-17)10-20-27(2,24)25)22-16-21-15(23-26-16)12-7-13(18)9-14(19)8-12/h7-9,11,20H,3-6,10H2,1-2H3,(H,21,22,23)/t11-,17-. The number of sulfonamides is 1. The van der Waals surface area contributed by atoms with E-state index in [0.29, 0.717) is 6.54 Å². The van der Waals surface area contributed by atoms with Crippen molar-refractivity contribution in [3.05, 3.63) is 29.8 Å². The van der Waals surface area contributed by atoms with Crippen molar-refractivity contribution in [2.75, 3.05) is 18.1 Å². The van der Waals surface area contributed by atoms with Gasteiger partial charge in [0.1, 0.15) is 11.6 Å². The summed E-state index contributed by atoms with van der Waals surface area (Å²) in [4.78, 5) is 4.18. The van der Waals surface area contributed by atoms with Crippen LogP contribution in [0.1, 0.15) is 32.6 Å². The maximum Gasteiger partial charge on any atom is 0.322 e. The molecule has 0 amide bonds. The number of nitrogens with one attached hydrogen (secondary N) is 2. The maximum atomic E-state index is 13.3. The van der Waals surface area contributed by atoms with Crippen LogP contribution in [0.5, 0.6) is 0 Å². The third-order valence-corrected chi connectivity index (χ3v) is 5.49. The van der Waals surface area contributed by atoms with Gasteiger partial charge in [-0.05, 0) is 50.7 Å².